The molecule has 9 heteroatoms. The molecule has 0 unspecified atom stereocenters. The smallest absolute Gasteiger partial charge is 0.339 e. The topological polar surface area (TPSA) is 86.1 Å². The number of amides is 1. The number of hydrogen-bond acceptors (Lipinski definition) is 6. The van der Waals surface area contributed by atoms with Crippen molar-refractivity contribution in [3.8, 4) is 16.3 Å². The Kier molecular flexibility index (Phi) is 5.60. The molecule has 7 nitrogen and oxygen atoms in total. The van der Waals surface area contributed by atoms with Crippen LogP contribution >= 0.6 is 22.9 Å². The lowest BCUT2D eigenvalue weighted by molar-refractivity contribution is 0.0600. The summed E-state index contributed by atoms with van der Waals surface area (Å²) in [6, 6.07) is 14.3. The van der Waals surface area contributed by atoms with Gasteiger partial charge in [-0.05, 0) is 30.3 Å². The first-order valence-corrected chi connectivity index (χ1v) is 10.1. The molecule has 2 aromatic heterocycles. The van der Waals surface area contributed by atoms with Crippen LogP contribution in [0.15, 0.2) is 66.3 Å². The molecular formula is C21H15ClN4O3S. The Labute approximate surface area is 180 Å². The van der Waals surface area contributed by atoms with Gasteiger partial charge in [0.25, 0.3) is 5.91 Å². The van der Waals surface area contributed by atoms with Crippen LogP contribution in [0.2, 0.25) is 5.02 Å². The van der Waals surface area contributed by atoms with Crippen molar-refractivity contribution in [2.45, 2.75) is 0 Å². The number of hydrogen-bond donors (Lipinski definition) is 1. The maximum absolute atomic E-state index is 12.6. The van der Waals surface area contributed by atoms with Crippen LogP contribution in [0.4, 0.5) is 5.69 Å². The summed E-state index contributed by atoms with van der Waals surface area (Å²) < 4.78 is 6.44. The van der Waals surface area contributed by atoms with Crippen LogP contribution in [-0.2, 0) is 4.74 Å². The van der Waals surface area contributed by atoms with Gasteiger partial charge in [0.2, 0.25) is 0 Å². The number of ether oxygens (including phenoxy) is 1. The van der Waals surface area contributed by atoms with Gasteiger partial charge in [0, 0.05) is 22.8 Å². The van der Waals surface area contributed by atoms with E-state index < -0.39 is 11.9 Å². The Balaban J connectivity index is 1.51. The molecule has 0 bridgehead atoms. The Morgan fingerprint density at radius 2 is 1.97 bits per heavy atom. The average molecular weight is 439 g/mol. The van der Waals surface area contributed by atoms with Crippen LogP contribution in [0.3, 0.4) is 0 Å². The minimum Gasteiger partial charge on any atom is -0.465 e. The molecular weight excluding hydrogens is 424 g/mol. The highest BCUT2D eigenvalue weighted by Gasteiger charge is 2.16. The van der Waals surface area contributed by atoms with E-state index in [2.05, 4.69) is 15.4 Å². The van der Waals surface area contributed by atoms with E-state index >= 15 is 0 Å². The first-order valence-electron chi connectivity index (χ1n) is 8.80. The number of para-hydroxylation sites is 1. The van der Waals surface area contributed by atoms with E-state index in [1.807, 2.05) is 36.5 Å². The Hall–Kier alpha value is -3.49. The maximum Gasteiger partial charge on any atom is 0.339 e. The molecule has 30 heavy (non-hydrogen) atoms. The van der Waals surface area contributed by atoms with Gasteiger partial charge in [-0.25, -0.2) is 14.5 Å². The highest BCUT2D eigenvalue weighted by atomic mass is 35.5. The molecule has 0 aliphatic carbocycles. The number of carbonyl (C=O) groups excluding carboxylic acids is 2. The molecule has 4 rings (SSSR count). The summed E-state index contributed by atoms with van der Waals surface area (Å²) in [6.45, 7) is 0. The monoisotopic (exact) mass is 438 g/mol. The zero-order chi connectivity index (χ0) is 21.1. The van der Waals surface area contributed by atoms with E-state index in [1.54, 1.807) is 22.3 Å². The Bertz CT molecular complexity index is 1220. The van der Waals surface area contributed by atoms with E-state index in [0.29, 0.717) is 10.7 Å². The summed E-state index contributed by atoms with van der Waals surface area (Å²) in [5.41, 5.74) is 2.59. The zero-order valence-electron chi connectivity index (χ0n) is 15.7. The van der Waals surface area contributed by atoms with E-state index in [0.717, 1.165) is 11.3 Å². The number of benzene rings is 2. The molecule has 0 aliphatic rings. The van der Waals surface area contributed by atoms with Crippen LogP contribution in [0.25, 0.3) is 16.3 Å². The van der Waals surface area contributed by atoms with Gasteiger partial charge in [-0.1, -0.05) is 29.8 Å². The van der Waals surface area contributed by atoms with Crippen molar-refractivity contribution < 1.29 is 14.3 Å². The first kappa shape index (κ1) is 19.8. The molecule has 150 valence electrons. The van der Waals surface area contributed by atoms with Crippen LogP contribution in [0.5, 0.6) is 0 Å². The summed E-state index contributed by atoms with van der Waals surface area (Å²) >= 11 is 7.35. The fraction of sp³-hybridized carbons (Fsp3) is 0.0476. The van der Waals surface area contributed by atoms with Gasteiger partial charge in [-0.2, -0.15) is 5.10 Å². The molecule has 4 aromatic rings. The van der Waals surface area contributed by atoms with E-state index in [9.17, 15) is 9.59 Å². The van der Waals surface area contributed by atoms with Crippen LogP contribution in [0, 0.1) is 0 Å². The van der Waals surface area contributed by atoms with Gasteiger partial charge in [0.05, 0.1) is 29.6 Å². The van der Waals surface area contributed by atoms with Gasteiger partial charge in [-0.15, -0.1) is 11.3 Å². The molecule has 2 heterocycles. The van der Waals surface area contributed by atoms with Crippen molar-refractivity contribution in [1.82, 2.24) is 14.8 Å². The molecule has 1 N–H and O–H groups in total. The predicted molar refractivity (Wildman–Crippen MR) is 115 cm³/mol. The molecule has 0 aliphatic heterocycles. The second-order valence-corrected chi connectivity index (χ2v) is 7.45. The van der Waals surface area contributed by atoms with Crippen molar-refractivity contribution in [1.29, 1.82) is 0 Å². The summed E-state index contributed by atoms with van der Waals surface area (Å²) in [5.74, 6) is -0.978. The fourth-order valence-electron chi connectivity index (χ4n) is 2.73. The molecule has 1 amide bonds. The summed E-state index contributed by atoms with van der Waals surface area (Å²) in [5, 5.41) is 9.66. The average Bonchev–Trinajstić information content (AvgIpc) is 3.45. The van der Waals surface area contributed by atoms with Gasteiger partial charge < -0.3 is 10.1 Å². The minimum absolute atomic E-state index is 0.171. The first-order chi connectivity index (χ1) is 14.5. The normalized spacial score (nSPS) is 10.6. The summed E-state index contributed by atoms with van der Waals surface area (Å²) in [4.78, 5) is 28.8. The van der Waals surface area contributed by atoms with Gasteiger partial charge in [0.15, 0.2) is 0 Å². The van der Waals surface area contributed by atoms with Crippen molar-refractivity contribution in [3.05, 3.63) is 82.6 Å². The van der Waals surface area contributed by atoms with Crippen LogP contribution in [0.1, 0.15) is 20.8 Å². The summed E-state index contributed by atoms with van der Waals surface area (Å²) in [7, 11) is 1.26. The quantitative estimate of drug-likeness (QED) is 0.457. The molecule has 0 fully saturated rings. The largest absolute Gasteiger partial charge is 0.465 e. The van der Waals surface area contributed by atoms with Gasteiger partial charge in [0.1, 0.15) is 10.7 Å². The lowest BCUT2D eigenvalue weighted by atomic mass is 10.2. The van der Waals surface area contributed by atoms with Crippen molar-refractivity contribution in [2.75, 3.05) is 12.4 Å². The highest BCUT2D eigenvalue weighted by molar-refractivity contribution is 7.13. The molecule has 0 spiro atoms. The van der Waals surface area contributed by atoms with Crippen molar-refractivity contribution in [3.63, 3.8) is 0 Å². The second-order valence-electron chi connectivity index (χ2n) is 6.19. The molecule has 0 saturated heterocycles. The Morgan fingerprint density at radius 1 is 1.17 bits per heavy atom. The Morgan fingerprint density at radius 3 is 2.73 bits per heavy atom. The number of rotatable bonds is 5. The second kappa shape index (κ2) is 8.48. The summed E-state index contributed by atoms with van der Waals surface area (Å²) in [6.07, 6.45) is 3.56. The predicted octanol–water partition coefficient (Wildman–Crippen LogP) is 4.69. The van der Waals surface area contributed by atoms with Gasteiger partial charge in [-0.3, -0.25) is 4.79 Å². The van der Waals surface area contributed by atoms with E-state index in [-0.39, 0.29) is 16.3 Å². The van der Waals surface area contributed by atoms with Crippen molar-refractivity contribution in [2.24, 2.45) is 0 Å². The third kappa shape index (κ3) is 4.10. The van der Waals surface area contributed by atoms with E-state index in [4.69, 9.17) is 16.3 Å². The number of nitrogens with one attached hydrogen (secondary N) is 1. The molecule has 0 radical (unpaired) electrons. The number of anilines is 1. The number of aromatic nitrogens is 3. The highest BCUT2D eigenvalue weighted by Crippen LogP contribution is 2.26. The number of halogens is 1. The van der Waals surface area contributed by atoms with E-state index in [1.165, 1.54) is 30.6 Å². The number of esters is 1. The molecule has 0 saturated carbocycles. The van der Waals surface area contributed by atoms with Crippen LogP contribution < -0.4 is 5.32 Å². The zero-order valence-corrected chi connectivity index (χ0v) is 17.3. The lowest BCUT2D eigenvalue weighted by Crippen LogP contribution is -2.13. The number of nitrogens with zero attached hydrogens (tertiary/aromatic N) is 3. The van der Waals surface area contributed by atoms with Crippen molar-refractivity contribution >= 4 is 40.5 Å². The fourth-order valence-corrected chi connectivity index (χ4v) is 3.70. The molecule has 2 aromatic carbocycles. The van der Waals surface area contributed by atoms with Gasteiger partial charge >= 0.3 is 5.97 Å². The third-order valence-corrected chi connectivity index (χ3v) is 5.44. The minimum atomic E-state index is -0.581. The van der Waals surface area contributed by atoms with Crippen LogP contribution in [-0.4, -0.2) is 33.8 Å². The standard InChI is InChI=1S/C21H15ClN4O3S/c1-29-21(28)16-9-14(7-8-17(16)22)24-19(27)18-12-30-20(25-18)13-10-23-26(11-13)15-5-3-2-4-6-15/h2-12H,1H3,(H,24,27). The number of carbonyl (C=O) groups is 2. The number of thiazole rings is 1. The SMILES string of the molecule is COC(=O)c1cc(NC(=O)c2csc(-c3cnn(-c4ccccc4)c3)n2)ccc1Cl. The number of methoxy groups -OCH3 is 1. The third-order valence-electron chi connectivity index (χ3n) is 4.22. The maximum atomic E-state index is 12.6. The lowest BCUT2D eigenvalue weighted by Gasteiger charge is -2.07. The molecule has 0 atom stereocenters.